The molecule has 27 heavy (non-hydrogen) atoms. The van der Waals surface area contributed by atoms with Crippen LogP contribution in [0.3, 0.4) is 0 Å². The van der Waals surface area contributed by atoms with E-state index in [1.165, 1.54) is 17.7 Å². The first-order valence-electron chi connectivity index (χ1n) is 9.45. The summed E-state index contributed by atoms with van der Waals surface area (Å²) in [4.78, 5) is 21.9. The number of fused-ring (bicyclic) bond motifs is 1. The van der Waals surface area contributed by atoms with E-state index in [9.17, 15) is 4.79 Å². The van der Waals surface area contributed by atoms with E-state index < -0.39 is 0 Å². The second kappa shape index (κ2) is 6.34. The molecule has 1 saturated carbocycles. The van der Waals surface area contributed by atoms with Crippen LogP contribution in [0.2, 0.25) is 0 Å². The molecule has 1 aromatic carbocycles. The average molecular weight is 382 g/mol. The Balaban J connectivity index is 1.56. The Bertz CT molecular complexity index is 1020. The van der Waals surface area contributed by atoms with Gasteiger partial charge in [-0.15, -0.1) is 11.3 Å². The number of ether oxygens (including phenoxy) is 1. The predicted octanol–water partition coefficient (Wildman–Crippen LogP) is 3.71. The van der Waals surface area contributed by atoms with E-state index >= 15 is 0 Å². The van der Waals surface area contributed by atoms with Crippen molar-refractivity contribution in [2.45, 2.75) is 45.3 Å². The molecule has 2 aliphatic rings. The molecule has 1 aliphatic carbocycles. The maximum Gasteiger partial charge on any atom is 0.220 e. The Labute approximate surface area is 161 Å². The molecule has 0 spiro atoms. The highest BCUT2D eigenvalue weighted by Crippen LogP contribution is 2.42. The van der Waals surface area contributed by atoms with Gasteiger partial charge in [-0.05, 0) is 38.8 Å². The SMILES string of the molecule is Cc1cnc(-c2cc(OC(C)C3CNC(=O)C3)c3c(c2)ncn3C2CC2)s1. The van der Waals surface area contributed by atoms with Crippen LogP contribution >= 0.6 is 11.3 Å². The van der Waals surface area contributed by atoms with Crippen molar-refractivity contribution in [2.75, 3.05) is 6.54 Å². The van der Waals surface area contributed by atoms with Crippen LogP contribution in [0.15, 0.2) is 24.7 Å². The molecule has 6 nitrogen and oxygen atoms in total. The fourth-order valence-electron chi connectivity index (χ4n) is 3.72. The Morgan fingerprint density at radius 2 is 2.19 bits per heavy atom. The van der Waals surface area contributed by atoms with E-state index in [2.05, 4.69) is 45.8 Å². The first-order valence-corrected chi connectivity index (χ1v) is 10.3. The zero-order chi connectivity index (χ0) is 18.5. The number of nitrogens with zero attached hydrogens (tertiary/aromatic N) is 3. The molecule has 0 radical (unpaired) electrons. The highest BCUT2D eigenvalue weighted by Gasteiger charge is 2.30. The molecule has 3 heterocycles. The van der Waals surface area contributed by atoms with Crippen LogP contribution in [0, 0.1) is 12.8 Å². The van der Waals surface area contributed by atoms with Gasteiger partial charge in [0.2, 0.25) is 5.91 Å². The van der Waals surface area contributed by atoms with E-state index in [0.29, 0.717) is 19.0 Å². The van der Waals surface area contributed by atoms with Gasteiger partial charge in [-0.2, -0.15) is 0 Å². The molecule has 0 bridgehead atoms. The van der Waals surface area contributed by atoms with E-state index in [1.54, 1.807) is 11.3 Å². The molecule has 140 valence electrons. The summed E-state index contributed by atoms with van der Waals surface area (Å²) < 4.78 is 8.67. The van der Waals surface area contributed by atoms with Gasteiger partial charge in [0.15, 0.2) is 0 Å². The van der Waals surface area contributed by atoms with E-state index in [4.69, 9.17) is 4.74 Å². The van der Waals surface area contributed by atoms with Gasteiger partial charge in [0.1, 0.15) is 22.4 Å². The number of rotatable bonds is 5. The third kappa shape index (κ3) is 3.10. The number of amides is 1. The first kappa shape index (κ1) is 16.7. The number of thiazole rings is 1. The number of carbonyl (C=O) groups excluding carboxylic acids is 1. The van der Waals surface area contributed by atoms with Gasteiger partial charge in [-0.3, -0.25) is 4.79 Å². The quantitative estimate of drug-likeness (QED) is 0.730. The molecule has 3 aromatic rings. The van der Waals surface area contributed by atoms with Gasteiger partial charge < -0.3 is 14.6 Å². The van der Waals surface area contributed by atoms with Crippen molar-refractivity contribution < 1.29 is 9.53 Å². The number of carbonyl (C=O) groups is 1. The number of benzene rings is 1. The minimum Gasteiger partial charge on any atom is -0.488 e. The number of hydrogen-bond donors (Lipinski definition) is 1. The molecular weight excluding hydrogens is 360 g/mol. The van der Waals surface area contributed by atoms with Gasteiger partial charge in [-0.1, -0.05) is 0 Å². The largest absolute Gasteiger partial charge is 0.488 e. The molecule has 2 atom stereocenters. The molecule has 1 N–H and O–H groups in total. The lowest BCUT2D eigenvalue weighted by molar-refractivity contribution is -0.119. The molecular formula is C20H22N4O2S. The monoisotopic (exact) mass is 382 g/mol. The lowest BCUT2D eigenvalue weighted by Gasteiger charge is -2.21. The van der Waals surface area contributed by atoms with E-state index in [0.717, 1.165) is 27.4 Å². The molecule has 1 amide bonds. The van der Waals surface area contributed by atoms with Crippen molar-refractivity contribution in [3.05, 3.63) is 29.5 Å². The van der Waals surface area contributed by atoms with Gasteiger partial charge >= 0.3 is 0 Å². The molecule has 1 aliphatic heterocycles. The number of imidazole rings is 1. The van der Waals surface area contributed by atoms with Crippen molar-refractivity contribution in [3.63, 3.8) is 0 Å². The van der Waals surface area contributed by atoms with Crippen LogP contribution in [-0.2, 0) is 4.79 Å². The van der Waals surface area contributed by atoms with E-state index in [-0.39, 0.29) is 17.9 Å². The molecule has 5 rings (SSSR count). The topological polar surface area (TPSA) is 69.0 Å². The number of nitrogens with one attached hydrogen (secondary N) is 1. The van der Waals surface area contributed by atoms with Crippen LogP contribution in [0.25, 0.3) is 21.6 Å². The Hall–Kier alpha value is -2.41. The summed E-state index contributed by atoms with van der Waals surface area (Å²) in [6.45, 7) is 4.79. The minimum atomic E-state index is -0.0528. The fourth-order valence-corrected chi connectivity index (χ4v) is 4.47. The van der Waals surface area contributed by atoms with Gasteiger partial charge in [0, 0.05) is 41.6 Å². The Morgan fingerprint density at radius 1 is 1.33 bits per heavy atom. The van der Waals surface area contributed by atoms with Crippen molar-refractivity contribution in [3.8, 4) is 16.3 Å². The summed E-state index contributed by atoms with van der Waals surface area (Å²) >= 11 is 1.67. The molecule has 7 heteroatoms. The minimum absolute atomic E-state index is 0.0528. The molecule has 1 saturated heterocycles. The maximum atomic E-state index is 11.6. The summed E-state index contributed by atoms with van der Waals surface area (Å²) in [5.74, 6) is 1.14. The van der Waals surface area contributed by atoms with Crippen LogP contribution in [0.4, 0.5) is 0 Å². The third-order valence-electron chi connectivity index (χ3n) is 5.43. The summed E-state index contributed by atoms with van der Waals surface area (Å²) in [5, 5.41) is 3.88. The normalized spacial score (nSPS) is 20.8. The molecule has 2 fully saturated rings. The molecule has 2 unspecified atom stereocenters. The zero-order valence-electron chi connectivity index (χ0n) is 15.4. The van der Waals surface area contributed by atoms with Crippen molar-refractivity contribution >= 4 is 28.3 Å². The Morgan fingerprint density at radius 3 is 2.85 bits per heavy atom. The number of aromatic nitrogens is 3. The van der Waals surface area contributed by atoms with Crippen LogP contribution in [0.5, 0.6) is 5.75 Å². The smallest absolute Gasteiger partial charge is 0.220 e. The lowest BCUT2D eigenvalue weighted by Crippen LogP contribution is -2.25. The second-order valence-electron chi connectivity index (χ2n) is 7.59. The Kier molecular flexibility index (Phi) is 3.93. The zero-order valence-corrected chi connectivity index (χ0v) is 16.3. The first-order chi connectivity index (χ1) is 13.1. The standard InChI is InChI=1S/C20H22N4O2S/c1-11-8-22-20(27-11)13-5-16-19(24(10-23-16)15-3-4-15)17(6-13)26-12(2)14-7-18(25)21-9-14/h5-6,8,10,12,14-15H,3-4,7,9H2,1-2H3,(H,21,25). The second-order valence-corrected chi connectivity index (χ2v) is 8.83. The maximum absolute atomic E-state index is 11.6. The highest BCUT2D eigenvalue weighted by atomic mass is 32.1. The van der Waals surface area contributed by atoms with Crippen LogP contribution < -0.4 is 10.1 Å². The van der Waals surface area contributed by atoms with Crippen molar-refractivity contribution in [1.29, 1.82) is 0 Å². The average Bonchev–Trinajstić information content (AvgIpc) is 3.04. The summed E-state index contributed by atoms with van der Waals surface area (Å²) in [5.41, 5.74) is 3.03. The van der Waals surface area contributed by atoms with E-state index in [1.807, 2.05) is 12.5 Å². The lowest BCUT2D eigenvalue weighted by atomic mass is 10.0. The van der Waals surface area contributed by atoms with Gasteiger partial charge in [-0.25, -0.2) is 9.97 Å². The highest BCUT2D eigenvalue weighted by molar-refractivity contribution is 7.14. The fraction of sp³-hybridized carbons (Fsp3) is 0.450. The van der Waals surface area contributed by atoms with Crippen LogP contribution in [-0.4, -0.2) is 33.1 Å². The van der Waals surface area contributed by atoms with Crippen molar-refractivity contribution in [1.82, 2.24) is 19.9 Å². The summed E-state index contributed by atoms with van der Waals surface area (Å²) in [6, 6.07) is 4.71. The number of aryl methyl sites for hydroxylation is 1. The van der Waals surface area contributed by atoms with Gasteiger partial charge in [0.25, 0.3) is 0 Å². The van der Waals surface area contributed by atoms with Gasteiger partial charge in [0.05, 0.1) is 11.8 Å². The predicted molar refractivity (Wildman–Crippen MR) is 105 cm³/mol. The summed E-state index contributed by atoms with van der Waals surface area (Å²) in [7, 11) is 0. The number of hydrogen-bond acceptors (Lipinski definition) is 5. The van der Waals surface area contributed by atoms with Crippen molar-refractivity contribution in [2.24, 2.45) is 5.92 Å². The van der Waals surface area contributed by atoms with Crippen LogP contribution in [0.1, 0.15) is 37.1 Å². The molecule has 2 aromatic heterocycles. The summed E-state index contributed by atoms with van der Waals surface area (Å²) in [6.07, 6.45) is 6.67. The third-order valence-corrected chi connectivity index (χ3v) is 6.39.